The van der Waals surface area contributed by atoms with Crippen molar-refractivity contribution in [1.29, 1.82) is 0 Å². The third-order valence-corrected chi connectivity index (χ3v) is 4.15. The van der Waals surface area contributed by atoms with Gasteiger partial charge in [-0.2, -0.15) is 0 Å². The summed E-state index contributed by atoms with van der Waals surface area (Å²) in [6, 6.07) is 9.31. The molecule has 2 atom stereocenters. The van der Waals surface area contributed by atoms with Crippen LogP contribution >= 0.6 is 34.8 Å². The number of hydrogen-bond acceptors (Lipinski definition) is 4. The number of benzene rings is 1. The van der Waals surface area contributed by atoms with Crippen LogP contribution in [0.3, 0.4) is 0 Å². The van der Waals surface area contributed by atoms with Crippen LogP contribution in [-0.4, -0.2) is 42.9 Å². The molecule has 0 aliphatic carbocycles. The van der Waals surface area contributed by atoms with E-state index >= 15 is 0 Å². The van der Waals surface area contributed by atoms with Crippen LogP contribution in [0.5, 0.6) is 0 Å². The molecule has 1 aromatic carbocycles. The van der Waals surface area contributed by atoms with Crippen molar-refractivity contribution in [2.45, 2.75) is 22.4 Å². The monoisotopic (exact) mass is 435 g/mol. The Bertz CT molecular complexity index is 619. The van der Waals surface area contributed by atoms with Gasteiger partial charge in [-0.3, -0.25) is 4.79 Å². The molecule has 0 saturated heterocycles. The van der Waals surface area contributed by atoms with E-state index in [1.165, 1.54) is 0 Å². The summed E-state index contributed by atoms with van der Waals surface area (Å²) >= 11 is 17.1. The second-order valence-electron chi connectivity index (χ2n) is 5.77. The molecular formula is C19H24Cl3NO4. The average molecular weight is 437 g/mol. The Morgan fingerprint density at radius 3 is 2.48 bits per heavy atom. The normalized spacial score (nSPS) is 15.3. The predicted molar refractivity (Wildman–Crippen MR) is 109 cm³/mol. The SMILES string of the molecule is C=C[C@H](/C=C/[C@](C)(NC(=O)C(Cl)(Cl)Cl)c1ccccc1)OCOCCOC. The van der Waals surface area contributed by atoms with Gasteiger partial charge in [-0.15, -0.1) is 6.58 Å². The van der Waals surface area contributed by atoms with Crippen molar-refractivity contribution >= 4 is 40.7 Å². The van der Waals surface area contributed by atoms with Crippen LogP contribution < -0.4 is 5.32 Å². The third kappa shape index (κ3) is 8.64. The van der Waals surface area contributed by atoms with Crippen molar-refractivity contribution in [3.05, 3.63) is 60.7 Å². The molecule has 5 nitrogen and oxygen atoms in total. The lowest BCUT2D eigenvalue weighted by atomic mass is 9.91. The first-order chi connectivity index (χ1) is 12.7. The lowest BCUT2D eigenvalue weighted by molar-refractivity contribution is -0.121. The standard InChI is InChI=1S/C19H24Cl3NO4/c1-4-16(27-14-26-13-12-25-3)10-11-18(2,15-8-6-5-7-9-15)23-17(24)19(20,21)22/h4-11,16H,1,12-14H2,2-3H3,(H,23,24)/b11-10+/t16-,18+/m1/s1. The Balaban J connectivity index is 2.90. The quantitative estimate of drug-likeness (QED) is 0.245. The molecule has 8 heteroatoms. The van der Waals surface area contributed by atoms with E-state index in [-0.39, 0.29) is 6.79 Å². The highest BCUT2D eigenvalue weighted by molar-refractivity contribution is 6.76. The maximum atomic E-state index is 12.2. The van der Waals surface area contributed by atoms with E-state index in [0.29, 0.717) is 13.2 Å². The van der Waals surface area contributed by atoms with E-state index in [0.717, 1.165) is 5.56 Å². The number of methoxy groups -OCH3 is 1. The van der Waals surface area contributed by atoms with Gasteiger partial charge in [0.1, 0.15) is 6.79 Å². The molecule has 0 bridgehead atoms. The molecule has 0 aliphatic heterocycles. The van der Waals surface area contributed by atoms with Gasteiger partial charge in [-0.1, -0.05) is 83.4 Å². The second-order valence-corrected chi connectivity index (χ2v) is 8.05. The van der Waals surface area contributed by atoms with E-state index < -0.39 is 21.3 Å². The molecule has 0 aromatic heterocycles. The number of rotatable bonds is 11. The highest BCUT2D eigenvalue weighted by atomic mass is 35.6. The number of hydrogen-bond donors (Lipinski definition) is 1. The van der Waals surface area contributed by atoms with E-state index in [1.807, 2.05) is 30.3 Å². The molecule has 1 aromatic rings. The Morgan fingerprint density at radius 2 is 1.93 bits per heavy atom. The summed E-state index contributed by atoms with van der Waals surface area (Å²) in [5.74, 6) is -0.734. The first-order valence-corrected chi connectivity index (χ1v) is 9.31. The number of amides is 1. The molecule has 27 heavy (non-hydrogen) atoms. The molecule has 1 amide bonds. The summed E-state index contributed by atoms with van der Waals surface area (Å²) < 4.78 is 13.7. The largest absolute Gasteiger partial charge is 0.382 e. The lowest BCUT2D eigenvalue weighted by Crippen LogP contribution is -2.47. The summed E-state index contributed by atoms with van der Waals surface area (Å²) in [4.78, 5) is 12.2. The number of carbonyl (C=O) groups is 1. The molecule has 0 fully saturated rings. The fraction of sp³-hybridized carbons (Fsp3) is 0.421. The summed E-state index contributed by atoms with van der Waals surface area (Å²) in [6.45, 7) is 6.51. The van der Waals surface area contributed by atoms with E-state index in [2.05, 4.69) is 11.9 Å². The van der Waals surface area contributed by atoms with Gasteiger partial charge in [-0.25, -0.2) is 0 Å². The van der Waals surface area contributed by atoms with Gasteiger partial charge >= 0.3 is 0 Å². The van der Waals surface area contributed by atoms with Gasteiger partial charge in [-0.05, 0) is 12.5 Å². The number of nitrogens with one attached hydrogen (secondary N) is 1. The molecule has 150 valence electrons. The van der Waals surface area contributed by atoms with Crippen LogP contribution in [0.1, 0.15) is 12.5 Å². The Labute approximate surface area is 175 Å². The van der Waals surface area contributed by atoms with Gasteiger partial charge in [0.25, 0.3) is 9.70 Å². The van der Waals surface area contributed by atoms with Crippen LogP contribution in [0.15, 0.2) is 55.1 Å². The zero-order valence-corrected chi connectivity index (χ0v) is 17.6. The number of alkyl halides is 3. The van der Waals surface area contributed by atoms with Crippen molar-refractivity contribution in [1.82, 2.24) is 5.32 Å². The van der Waals surface area contributed by atoms with Crippen LogP contribution in [0, 0.1) is 0 Å². The maximum Gasteiger partial charge on any atom is 0.273 e. The van der Waals surface area contributed by atoms with Gasteiger partial charge < -0.3 is 19.5 Å². The second kappa shape index (κ2) is 11.7. The number of halogens is 3. The molecule has 1 N–H and O–H groups in total. The summed E-state index contributed by atoms with van der Waals surface area (Å²) in [5.41, 5.74) is -0.118. The van der Waals surface area contributed by atoms with Crippen LogP contribution in [0.4, 0.5) is 0 Å². The number of carbonyl (C=O) groups excluding carboxylic acids is 1. The lowest BCUT2D eigenvalue weighted by Gasteiger charge is -2.30. The average Bonchev–Trinajstić information content (AvgIpc) is 2.64. The number of ether oxygens (including phenoxy) is 3. The molecule has 0 spiro atoms. The minimum absolute atomic E-state index is 0.0763. The molecule has 0 unspecified atom stereocenters. The molecule has 0 aliphatic rings. The molecule has 0 heterocycles. The Morgan fingerprint density at radius 1 is 1.26 bits per heavy atom. The van der Waals surface area contributed by atoms with Crippen molar-refractivity contribution in [2.24, 2.45) is 0 Å². The fourth-order valence-corrected chi connectivity index (χ4v) is 2.26. The minimum atomic E-state index is -2.08. The van der Waals surface area contributed by atoms with Crippen LogP contribution in [0.2, 0.25) is 0 Å². The fourth-order valence-electron chi connectivity index (χ4n) is 2.12. The van der Waals surface area contributed by atoms with Crippen molar-refractivity contribution in [3.8, 4) is 0 Å². The molecule has 0 radical (unpaired) electrons. The topological polar surface area (TPSA) is 56.8 Å². The minimum Gasteiger partial charge on any atom is -0.382 e. The predicted octanol–water partition coefficient (Wildman–Crippen LogP) is 4.14. The van der Waals surface area contributed by atoms with Gasteiger partial charge in [0.15, 0.2) is 0 Å². The molecule has 1 rings (SSSR count). The van der Waals surface area contributed by atoms with Gasteiger partial charge in [0.2, 0.25) is 0 Å². The van der Waals surface area contributed by atoms with E-state index in [4.69, 9.17) is 49.0 Å². The third-order valence-electron chi connectivity index (χ3n) is 3.63. The zero-order chi connectivity index (χ0) is 20.3. The van der Waals surface area contributed by atoms with E-state index in [9.17, 15) is 4.79 Å². The van der Waals surface area contributed by atoms with E-state index in [1.54, 1.807) is 32.3 Å². The van der Waals surface area contributed by atoms with Crippen molar-refractivity contribution < 1.29 is 19.0 Å². The first-order valence-electron chi connectivity index (χ1n) is 8.18. The maximum absolute atomic E-state index is 12.2. The van der Waals surface area contributed by atoms with Crippen LogP contribution in [-0.2, 0) is 24.5 Å². The summed E-state index contributed by atoms with van der Waals surface area (Å²) in [7, 11) is 1.59. The Hall–Kier alpha value is -1.08. The van der Waals surface area contributed by atoms with Gasteiger partial charge in [0.05, 0.1) is 24.9 Å². The zero-order valence-electron chi connectivity index (χ0n) is 15.3. The molecule has 0 saturated carbocycles. The first kappa shape index (κ1) is 24.0. The van der Waals surface area contributed by atoms with Gasteiger partial charge in [0, 0.05) is 7.11 Å². The highest BCUT2D eigenvalue weighted by Crippen LogP contribution is 2.30. The summed E-state index contributed by atoms with van der Waals surface area (Å²) in [5, 5.41) is 2.75. The Kier molecular flexibility index (Phi) is 10.4. The summed E-state index contributed by atoms with van der Waals surface area (Å²) in [6.07, 6.45) is 4.69. The van der Waals surface area contributed by atoms with Crippen molar-refractivity contribution in [2.75, 3.05) is 27.1 Å². The van der Waals surface area contributed by atoms with Crippen LogP contribution in [0.25, 0.3) is 0 Å². The molecular weight excluding hydrogens is 413 g/mol. The smallest absolute Gasteiger partial charge is 0.273 e. The highest BCUT2D eigenvalue weighted by Gasteiger charge is 2.36. The van der Waals surface area contributed by atoms with Crippen molar-refractivity contribution in [3.63, 3.8) is 0 Å².